The molecule has 0 aromatic rings. The fourth-order valence-corrected chi connectivity index (χ4v) is 2.31. The Morgan fingerprint density at radius 1 is 1.35 bits per heavy atom. The number of methoxy groups -OCH3 is 1. The van der Waals surface area contributed by atoms with E-state index in [1.54, 1.807) is 7.11 Å². The van der Waals surface area contributed by atoms with Gasteiger partial charge in [0.25, 0.3) is 0 Å². The lowest BCUT2D eigenvalue weighted by Gasteiger charge is -2.18. The van der Waals surface area contributed by atoms with E-state index in [2.05, 4.69) is 12.2 Å². The molecule has 4 unspecified atom stereocenters. The van der Waals surface area contributed by atoms with Gasteiger partial charge in [-0.25, -0.2) is 0 Å². The zero-order chi connectivity index (χ0) is 12.7. The van der Waals surface area contributed by atoms with Crippen molar-refractivity contribution in [1.29, 1.82) is 0 Å². The van der Waals surface area contributed by atoms with Gasteiger partial charge < -0.3 is 19.9 Å². The normalized spacial score (nSPS) is 28.2. The number of aliphatic hydroxyl groups is 1. The summed E-state index contributed by atoms with van der Waals surface area (Å²) < 4.78 is 10.4. The SMILES string of the molecule is COCC(C)OCC(O)CNC1CCC(C)C1. The predicted molar refractivity (Wildman–Crippen MR) is 68.1 cm³/mol. The smallest absolute Gasteiger partial charge is 0.0897 e. The monoisotopic (exact) mass is 245 g/mol. The van der Waals surface area contributed by atoms with Gasteiger partial charge in [-0.2, -0.15) is 0 Å². The molecule has 0 aliphatic heterocycles. The molecule has 0 amide bonds. The third-order valence-corrected chi connectivity index (χ3v) is 3.31. The fraction of sp³-hybridized carbons (Fsp3) is 1.00. The number of ether oxygens (including phenoxy) is 2. The molecule has 0 saturated heterocycles. The molecular weight excluding hydrogens is 218 g/mol. The first-order valence-electron chi connectivity index (χ1n) is 6.63. The van der Waals surface area contributed by atoms with E-state index in [1.807, 2.05) is 6.92 Å². The highest BCUT2D eigenvalue weighted by molar-refractivity contribution is 4.79. The number of rotatable bonds is 8. The molecule has 17 heavy (non-hydrogen) atoms. The van der Waals surface area contributed by atoms with Crippen molar-refractivity contribution in [2.75, 3.05) is 26.9 Å². The second-order valence-corrected chi connectivity index (χ2v) is 5.28. The fourth-order valence-electron chi connectivity index (χ4n) is 2.31. The molecule has 1 aliphatic carbocycles. The van der Waals surface area contributed by atoms with Crippen molar-refractivity contribution in [2.24, 2.45) is 5.92 Å². The lowest BCUT2D eigenvalue weighted by molar-refractivity contribution is -0.0315. The average Bonchev–Trinajstić information content (AvgIpc) is 2.70. The first kappa shape index (κ1) is 14.9. The van der Waals surface area contributed by atoms with Gasteiger partial charge in [0.15, 0.2) is 0 Å². The standard InChI is InChI=1S/C13H27NO3/c1-10-4-5-12(6-10)14-7-13(15)9-17-11(2)8-16-3/h10-15H,4-9H2,1-3H3. The summed E-state index contributed by atoms with van der Waals surface area (Å²) in [6, 6.07) is 0.580. The van der Waals surface area contributed by atoms with Crippen LogP contribution in [-0.2, 0) is 9.47 Å². The quantitative estimate of drug-likeness (QED) is 0.674. The second-order valence-electron chi connectivity index (χ2n) is 5.28. The Labute approximate surface area is 105 Å². The van der Waals surface area contributed by atoms with Crippen LogP contribution in [0.15, 0.2) is 0 Å². The van der Waals surface area contributed by atoms with Crippen molar-refractivity contribution in [3.05, 3.63) is 0 Å². The highest BCUT2D eigenvalue weighted by Gasteiger charge is 2.21. The summed E-state index contributed by atoms with van der Waals surface area (Å²) in [6.07, 6.45) is 3.38. The van der Waals surface area contributed by atoms with Crippen molar-refractivity contribution in [1.82, 2.24) is 5.32 Å². The minimum absolute atomic E-state index is 0.0427. The molecule has 4 atom stereocenters. The minimum Gasteiger partial charge on any atom is -0.389 e. The van der Waals surface area contributed by atoms with E-state index >= 15 is 0 Å². The molecule has 0 bridgehead atoms. The molecule has 0 aromatic carbocycles. The van der Waals surface area contributed by atoms with Gasteiger partial charge in [0.1, 0.15) is 0 Å². The second kappa shape index (κ2) is 8.03. The van der Waals surface area contributed by atoms with Crippen LogP contribution in [0, 0.1) is 5.92 Å². The molecular formula is C13H27NO3. The first-order chi connectivity index (χ1) is 8.11. The van der Waals surface area contributed by atoms with E-state index in [1.165, 1.54) is 19.3 Å². The predicted octanol–water partition coefficient (Wildman–Crippen LogP) is 1.18. The molecule has 1 fully saturated rings. The molecule has 0 aromatic heterocycles. The molecule has 1 aliphatic rings. The van der Waals surface area contributed by atoms with Gasteiger partial charge in [-0.3, -0.25) is 0 Å². The minimum atomic E-state index is -0.426. The van der Waals surface area contributed by atoms with Crippen LogP contribution in [0.25, 0.3) is 0 Å². The van der Waals surface area contributed by atoms with E-state index in [-0.39, 0.29) is 6.10 Å². The van der Waals surface area contributed by atoms with Crippen molar-refractivity contribution < 1.29 is 14.6 Å². The first-order valence-corrected chi connectivity index (χ1v) is 6.63. The van der Waals surface area contributed by atoms with Crippen LogP contribution in [0.1, 0.15) is 33.1 Å². The average molecular weight is 245 g/mol. The molecule has 1 rings (SSSR count). The van der Waals surface area contributed by atoms with Gasteiger partial charge in [0.05, 0.1) is 25.4 Å². The zero-order valence-corrected chi connectivity index (χ0v) is 11.3. The Morgan fingerprint density at radius 2 is 2.12 bits per heavy atom. The molecule has 0 heterocycles. The van der Waals surface area contributed by atoms with Crippen molar-refractivity contribution in [3.63, 3.8) is 0 Å². The molecule has 0 radical (unpaired) electrons. The topological polar surface area (TPSA) is 50.7 Å². The highest BCUT2D eigenvalue weighted by atomic mass is 16.5. The van der Waals surface area contributed by atoms with Crippen LogP contribution in [0.5, 0.6) is 0 Å². The van der Waals surface area contributed by atoms with E-state index in [9.17, 15) is 5.11 Å². The maximum atomic E-state index is 9.76. The van der Waals surface area contributed by atoms with Crippen LogP contribution < -0.4 is 5.32 Å². The van der Waals surface area contributed by atoms with Gasteiger partial charge in [-0.05, 0) is 32.1 Å². The number of aliphatic hydroxyl groups excluding tert-OH is 1. The maximum Gasteiger partial charge on any atom is 0.0897 e. The van der Waals surface area contributed by atoms with Gasteiger partial charge in [-0.1, -0.05) is 6.92 Å². The van der Waals surface area contributed by atoms with Crippen LogP contribution in [-0.4, -0.2) is 50.2 Å². The summed E-state index contributed by atoms with van der Waals surface area (Å²) in [5, 5.41) is 13.2. The van der Waals surface area contributed by atoms with Gasteiger partial charge in [-0.15, -0.1) is 0 Å². The van der Waals surface area contributed by atoms with E-state index in [0.717, 1.165) is 5.92 Å². The molecule has 102 valence electrons. The molecule has 4 nitrogen and oxygen atoms in total. The Bertz CT molecular complexity index is 201. The lowest BCUT2D eigenvalue weighted by Crippen LogP contribution is -2.37. The Balaban J connectivity index is 2.02. The van der Waals surface area contributed by atoms with E-state index in [0.29, 0.717) is 25.8 Å². The van der Waals surface area contributed by atoms with Gasteiger partial charge in [0.2, 0.25) is 0 Å². The molecule has 2 N–H and O–H groups in total. The van der Waals surface area contributed by atoms with Crippen molar-refractivity contribution in [2.45, 2.75) is 51.4 Å². The van der Waals surface area contributed by atoms with Gasteiger partial charge in [0, 0.05) is 19.7 Å². The largest absolute Gasteiger partial charge is 0.389 e. The highest BCUT2D eigenvalue weighted by Crippen LogP contribution is 2.24. The van der Waals surface area contributed by atoms with E-state index < -0.39 is 6.10 Å². The Kier molecular flexibility index (Phi) is 7.04. The summed E-state index contributed by atoms with van der Waals surface area (Å²) in [5.41, 5.74) is 0. The maximum absolute atomic E-state index is 9.76. The third-order valence-electron chi connectivity index (χ3n) is 3.31. The van der Waals surface area contributed by atoms with Gasteiger partial charge >= 0.3 is 0 Å². The summed E-state index contributed by atoms with van der Waals surface area (Å²) in [7, 11) is 1.65. The molecule has 0 spiro atoms. The Morgan fingerprint density at radius 3 is 2.71 bits per heavy atom. The van der Waals surface area contributed by atoms with Crippen LogP contribution in [0.4, 0.5) is 0 Å². The van der Waals surface area contributed by atoms with Crippen molar-refractivity contribution >= 4 is 0 Å². The number of nitrogens with one attached hydrogen (secondary N) is 1. The van der Waals surface area contributed by atoms with Crippen LogP contribution in [0.2, 0.25) is 0 Å². The molecule has 4 heteroatoms. The molecule has 1 saturated carbocycles. The third kappa shape index (κ3) is 6.36. The summed E-state index contributed by atoms with van der Waals surface area (Å²) in [4.78, 5) is 0. The summed E-state index contributed by atoms with van der Waals surface area (Å²) in [5.74, 6) is 0.822. The number of hydrogen-bond acceptors (Lipinski definition) is 4. The Hall–Kier alpha value is -0.160. The zero-order valence-electron chi connectivity index (χ0n) is 11.3. The lowest BCUT2D eigenvalue weighted by atomic mass is 10.1. The summed E-state index contributed by atoms with van der Waals surface area (Å²) in [6.45, 7) is 5.80. The number of hydrogen-bond donors (Lipinski definition) is 2. The van der Waals surface area contributed by atoms with Crippen LogP contribution >= 0.6 is 0 Å². The van der Waals surface area contributed by atoms with E-state index in [4.69, 9.17) is 9.47 Å². The van der Waals surface area contributed by atoms with Crippen molar-refractivity contribution in [3.8, 4) is 0 Å². The summed E-state index contributed by atoms with van der Waals surface area (Å²) >= 11 is 0. The van der Waals surface area contributed by atoms with Crippen LogP contribution in [0.3, 0.4) is 0 Å².